The van der Waals surface area contributed by atoms with E-state index in [1.807, 2.05) is 52.8 Å². The van der Waals surface area contributed by atoms with Gasteiger partial charge >= 0.3 is 6.09 Å². The summed E-state index contributed by atoms with van der Waals surface area (Å²) in [6.45, 7) is 11.6. The molecule has 0 fully saturated rings. The Balaban J connectivity index is 1.97. The van der Waals surface area contributed by atoms with Crippen molar-refractivity contribution < 1.29 is 23.8 Å². The van der Waals surface area contributed by atoms with Gasteiger partial charge in [-0.05, 0) is 76.6 Å². The van der Waals surface area contributed by atoms with Gasteiger partial charge in [-0.2, -0.15) is 0 Å². The van der Waals surface area contributed by atoms with Crippen molar-refractivity contribution in [1.29, 1.82) is 0 Å². The van der Waals surface area contributed by atoms with E-state index < -0.39 is 24.0 Å². The van der Waals surface area contributed by atoms with Gasteiger partial charge in [0.05, 0.1) is 12.6 Å². The topological polar surface area (TPSA) is 103 Å². The molecule has 0 aliphatic rings. The molecular weight excluding hydrogens is 470 g/mol. The van der Waals surface area contributed by atoms with Gasteiger partial charge in [-0.15, -0.1) is 0 Å². The quantitative estimate of drug-likeness (QED) is 0.265. The summed E-state index contributed by atoms with van der Waals surface area (Å²) >= 11 is 0. The van der Waals surface area contributed by atoms with Crippen LogP contribution in [0.3, 0.4) is 0 Å². The minimum absolute atomic E-state index is 0.121. The minimum Gasteiger partial charge on any atom is -0.444 e. The Kier molecular flexibility index (Phi) is 12.8. The van der Waals surface area contributed by atoms with Gasteiger partial charge in [-0.3, -0.25) is 4.79 Å². The molecule has 0 aliphatic carbocycles. The molecule has 2 aromatic carbocycles. The average Bonchev–Trinajstić information content (AvgIpc) is 2.85. The molecular formula is C29H45N3O5. The number of unbranched alkanes of at least 4 members (excludes halogenated alkanes) is 1. The standard InChI is InChI=1S/C29H45N3O5/c1-6-35-26(36-7-2)21-32(20-18-23-15-12-14-22-13-8-9-16-24(22)23)27(33)25(30)17-10-11-19-31-28(34)37-29(3,4)5/h8-9,12-16,25-26H,6-7,10-11,17-21,30H2,1-5H3,(H,31,34)/t25-/m0/s1. The van der Waals surface area contributed by atoms with Gasteiger partial charge in [0, 0.05) is 26.3 Å². The van der Waals surface area contributed by atoms with Gasteiger partial charge in [0.2, 0.25) is 5.91 Å². The molecule has 0 aromatic heterocycles. The Bertz CT molecular complexity index is 964. The number of carbonyl (C=O) groups excluding carboxylic acids is 2. The number of nitrogens with one attached hydrogen (secondary N) is 1. The van der Waals surface area contributed by atoms with Crippen molar-refractivity contribution in [2.45, 2.75) is 78.2 Å². The monoisotopic (exact) mass is 515 g/mol. The molecule has 8 nitrogen and oxygen atoms in total. The molecule has 0 saturated heterocycles. The average molecular weight is 516 g/mol. The van der Waals surface area contributed by atoms with Gasteiger partial charge in [0.15, 0.2) is 6.29 Å². The SMILES string of the molecule is CCOC(CN(CCc1cccc2ccccc12)C(=O)[C@@H](N)CCCCNC(=O)OC(C)(C)C)OCC. The highest BCUT2D eigenvalue weighted by Crippen LogP contribution is 2.19. The zero-order chi connectivity index (χ0) is 27.3. The number of hydrogen-bond donors (Lipinski definition) is 2. The lowest BCUT2D eigenvalue weighted by atomic mass is 10.0. The zero-order valence-corrected chi connectivity index (χ0v) is 23.1. The number of benzene rings is 2. The van der Waals surface area contributed by atoms with Crippen LogP contribution in [0.5, 0.6) is 0 Å². The van der Waals surface area contributed by atoms with Crippen molar-refractivity contribution in [2.75, 3.05) is 32.8 Å². The third-order valence-corrected chi connectivity index (χ3v) is 5.84. The summed E-state index contributed by atoms with van der Waals surface area (Å²) in [5.41, 5.74) is 6.99. The lowest BCUT2D eigenvalue weighted by molar-refractivity contribution is -0.159. The predicted octanol–water partition coefficient (Wildman–Crippen LogP) is 4.63. The van der Waals surface area contributed by atoms with Crippen LogP contribution in [0.4, 0.5) is 4.79 Å². The van der Waals surface area contributed by atoms with Crippen molar-refractivity contribution >= 4 is 22.8 Å². The summed E-state index contributed by atoms with van der Waals surface area (Å²) in [5, 5.41) is 5.10. The Labute approximate surface area is 221 Å². The summed E-state index contributed by atoms with van der Waals surface area (Å²) in [6, 6.07) is 13.9. The molecule has 0 saturated carbocycles. The van der Waals surface area contributed by atoms with Gasteiger partial charge in [0.1, 0.15) is 5.60 Å². The van der Waals surface area contributed by atoms with E-state index in [2.05, 4.69) is 29.6 Å². The van der Waals surface area contributed by atoms with E-state index in [0.717, 1.165) is 0 Å². The largest absolute Gasteiger partial charge is 0.444 e. The van der Waals surface area contributed by atoms with Crippen molar-refractivity contribution in [3.05, 3.63) is 48.0 Å². The fourth-order valence-electron chi connectivity index (χ4n) is 4.11. The second-order valence-corrected chi connectivity index (χ2v) is 10.0. The Morgan fingerprint density at radius 2 is 1.68 bits per heavy atom. The van der Waals surface area contributed by atoms with Crippen LogP contribution < -0.4 is 11.1 Å². The number of hydrogen-bond acceptors (Lipinski definition) is 6. The molecule has 2 rings (SSSR count). The molecule has 0 aliphatic heterocycles. The molecule has 37 heavy (non-hydrogen) atoms. The Hall–Kier alpha value is -2.68. The summed E-state index contributed by atoms with van der Waals surface area (Å²) in [4.78, 5) is 27.0. The predicted molar refractivity (Wildman–Crippen MR) is 147 cm³/mol. The highest BCUT2D eigenvalue weighted by Gasteiger charge is 2.24. The van der Waals surface area contributed by atoms with Crippen LogP contribution in [-0.4, -0.2) is 67.7 Å². The summed E-state index contributed by atoms with van der Waals surface area (Å²) in [6.07, 6.45) is 1.69. The molecule has 2 amide bonds. The molecule has 0 bridgehead atoms. The number of alkyl carbamates (subject to hydrolysis) is 1. The highest BCUT2D eigenvalue weighted by molar-refractivity contribution is 5.86. The number of fused-ring (bicyclic) bond motifs is 1. The van der Waals surface area contributed by atoms with Crippen LogP contribution in [0.25, 0.3) is 10.8 Å². The van der Waals surface area contributed by atoms with Crippen LogP contribution in [-0.2, 0) is 25.4 Å². The van der Waals surface area contributed by atoms with E-state index in [1.165, 1.54) is 16.3 Å². The third kappa shape index (κ3) is 11.1. The number of nitrogens with two attached hydrogens (primary N) is 1. The fourth-order valence-corrected chi connectivity index (χ4v) is 4.11. The second-order valence-electron chi connectivity index (χ2n) is 10.0. The molecule has 0 radical (unpaired) electrons. The van der Waals surface area contributed by atoms with E-state index in [-0.39, 0.29) is 5.91 Å². The van der Waals surface area contributed by atoms with Gasteiger partial charge in [-0.1, -0.05) is 42.5 Å². The van der Waals surface area contributed by atoms with Crippen LogP contribution in [0.1, 0.15) is 59.4 Å². The first-order valence-electron chi connectivity index (χ1n) is 13.4. The van der Waals surface area contributed by atoms with Gasteiger partial charge in [-0.25, -0.2) is 4.79 Å². The minimum atomic E-state index is -0.641. The third-order valence-electron chi connectivity index (χ3n) is 5.84. The van der Waals surface area contributed by atoms with Crippen LogP contribution in [0.2, 0.25) is 0 Å². The lowest BCUT2D eigenvalue weighted by Crippen LogP contribution is -2.48. The molecule has 0 spiro atoms. The van der Waals surface area contributed by atoms with Crippen LogP contribution in [0.15, 0.2) is 42.5 Å². The first kappa shape index (κ1) is 30.5. The number of rotatable bonds is 15. The molecule has 2 aromatic rings. The van der Waals surface area contributed by atoms with E-state index in [4.69, 9.17) is 19.9 Å². The highest BCUT2D eigenvalue weighted by atomic mass is 16.7. The molecule has 8 heteroatoms. The number of ether oxygens (including phenoxy) is 3. The second kappa shape index (κ2) is 15.5. The maximum atomic E-state index is 13.4. The van der Waals surface area contributed by atoms with Gasteiger partial charge < -0.3 is 30.2 Å². The smallest absolute Gasteiger partial charge is 0.407 e. The normalized spacial score (nSPS) is 12.5. The van der Waals surface area contributed by atoms with Crippen LogP contribution in [0, 0.1) is 0 Å². The number of carbonyl (C=O) groups is 2. The lowest BCUT2D eigenvalue weighted by Gasteiger charge is -2.29. The Morgan fingerprint density at radius 3 is 2.35 bits per heavy atom. The van der Waals surface area contributed by atoms with E-state index in [9.17, 15) is 9.59 Å². The van der Waals surface area contributed by atoms with Crippen molar-refractivity contribution in [1.82, 2.24) is 10.2 Å². The number of amides is 2. The zero-order valence-electron chi connectivity index (χ0n) is 23.1. The fraction of sp³-hybridized carbons (Fsp3) is 0.586. The Morgan fingerprint density at radius 1 is 1.00 bits per heavy atom. The molecule has 0 unspecified atom stereocenters. The van der Waals surface area contributed by atoms with Gasteiger partial charge in [0.25, 0.3) is 0 Å². The van der Waals surface area contributed by atoms with E-state index >= 15 is 0 Å². The summed E-state index contributed by atoms with van der Waals surface area (Å²) in [5.74, 6) is -0.121. The van der Waals surface area contributed by atoms with Crippen molar-refractivity contribution in [3.63, 3.8) is 0 Å². The van der Waals surface area contributed by atoms with E-state index in [1.54, 1.807) is 4.90 Å². The maximum Gasteiger partial charge on any atom is 0.407 e. The molecule has 206 valence electrons. The summed E-state index contributed by atoms with van der Waals surface area (Å²) < 4.78 is 16.7. The number of nitrogens with zero attached hydrogens (tertiary/aromatic N) is 1. The molecule has 0 heterocycles. The molecule has 1 atom stereocenters. The molecule has 3 N–H and O–H groups in total. The van der Waals surface area contributed by atoms with Crippen molar-refractivity contribution in [3.8, 4) is 0 Å². The van der Waals surface area contributed by atoms with Crippen LogP contribution >= 0.6 is 0 Å². The van der Waals surface area contributed by atoms with Crippen molar-refractivity contribution in [2.24, 2.45) is 5.73 Å². The first-order valence-corrected chi connectivity index (χ1v) is 13.4. The van der Waals surface area contributed by atoms with E-state index in [0.29, 0.717) is 58.5 Å². The summed E-state index contributed by atoms with van der Waals surface area (Å²) in [7, 11) is 0. The maximum absolute atomic E-state index is 13.4. The first-order chi connectivity index (χ1) is 17.6.